The SMILES string of the molecule is O=C(Nc1ncccc1Br)c1ccccn1. The van der Waals surface area contributed by atoms with Crippen LogP contribution >= 0.6 is 15.9 Å². The van der Waals surface area contributed by atoms with Gasteiger partial charge in [-0.25, -0.2) is 4.98 Å². The average Bonchev–Trinajstić information content (AvgIpc) is 2.33. The van der Waals surface area contributed by atoms with Crippen LogP contribution in [0.25, 0.3) is 0 Å². The van der Waals surface area contributed by atoms with Crippen molar-refractivity contribution in [2.75, 3.05) is 5.32 Å². The summed E-state index contributed by atoms with van der Waals surface area (Å²) in [7, 11) is 0. The van der Waals surface area contributed by atoms with Crippen molar-refractivity contribution >= 4 is 27.7 Å². The second-order valence-electron chi connectivity index (χ2n) is 3.00. The maximum Gasteiger partial charge on any atom is 0.275 e. The molecular formula is C11H8BrN3O. The molecule has 2 aromatic rings. The molecule has 0 saturated heterocycles. The summed E-state index contributed by atoms with van der Waals surface area (Å²) >= 11 is 3.30. The lowest BCUT2D eigenvalue weighted by Crippen LogP contribution is -2.14. The molecule has 0 aliphatic heterocycles. The number of anilines is 1. The van der Waals surface area contributed by atoms with Gasteiger partial charge in [0.15, 0.2) is 0 Å². The van der Waals surface area contributed by atoms with Crippen LogP contribution in [-0.2, 0) is 0 Å². The molecule has 1 N–H and O–H groups in total. The summed E-state index contributed by atoms with van der Waals surface area (Å²) in [5.74, 6) is 0.207. The summed E-state index contributed by atoms with van der Waals surface area (Å²) in [6, 6.07) is 8.75. The third kappa shape index (κ3) is 2.43. The number of hydrogen-bond donors (Lipinski definition) is 1. The third-order valence-electron chi connectivity index (χ3n) is 1.89. The largest absolute Gasteiger partial charge is 0.304 e. The van der Waals surface area contributed by atoms with Gasteiger partial charge in [0.2, 0.25) is 0 Å². The lowest BCUT2D eigenvalue weighted by molar-refractivity contribution is 0.102. The number of hydrogen-bond acceptors (Lipinski definition) is 3. The highest BCUT2D eigenvalue weighted by Gasteiger charge is 2.08. The molecule has 0 aliphatic rings. The monoisotopic (exact) mass is 277 g/mol. The van der Waals surface area contributed by atoms with Crippen molar-refractivity contribution in [3.63, 3.8) is 0 Å². The van der Waals surface area contributed by atoms with Gasteiger partial charge >= 0.3 is 0 Å². The summed E-state index contributed by atoms with van der Waals surface area (Å²) in [5.41, 5.74) is 0.361. The number of nitrogens with zero attached hydrogens (tertiary/aromatic N) is 2. The highest BCUT2D eigenvalue weighted by molar-refractivity contribution is 9.10. The Bertz CT molecular complexity index is 502. The van der Waals surface area contributed by atoms with E-state index >= 15 is 0 Å². The van der Waals surface area contributed by atoms with Crippen LogP contribution in [-0.4, -0.2) is 15.9 Å². The fourth-order valence-corrected chi connectivity index (χ4v) is 1.50. The van der Waals surface area contributed by atoms with Crippen LogP contribution in [0.3, 0.4) is 0 Å². The number of rotatable bonds is 2. The maximum atomic E-state index is 11.7. The molecule has 5 heteroatoms. The molecule has 0 radical (unpaired) electrons. The van der Waals surface area contributed by atoms with Gasteiger partial charge in [0.25, 0.3) is 5.91 Å². The number of nitrogens with one attached hydrogen (secondary N) is 1. The third-order valence-corrected chi connectivity index (χ3v) is 2.53. The van der Waals surface area contributed by atoms with E-state index in [0.717, 1.165) is 4.47 Å². The quantitative estimate of drug-likeness (QED) is 0.918. The van der Waals surface area contributed by atoms with Gasteiger partial charge in [-0.2, -0.15) is 0 Å². The van der Waals surface area contributed by atoms with Crippen LogP contribution in [0.5, 0.6) is 0 Å². The molecule has 1 amide bonds. The van der Waals surface area contributed by atoms with Crippen LogP contribution in [0.1, 0.15) is 10.5 Å². The van der Waals surface area contributed by atoms with Crippen molar-refractivity contribution in [3.05, 3.63) is 52.9 Å². The molecule has 2 heterocycles. The smallest absolute Gasteiger partial charge is 0.275 e. The Morgan fingerprint density at radius 1 is 1.12 bits per heavy atom. The normalized spacial score (nSPS) is 9.81. The second-order valence-corrected chi connectivity index (χ2v) is 3.86. The van der Waals surface area contributed by atoms with E-state index in [4.69, 9.17) is 0 Å². The Kier molecular flexibility index (Phi) is 3.26. The number of aromatic nitrogens is 2. The fraction of sp³-hybridized carbons (Fsp3) is 0. The van der Waals surface area contributed by atoms with Crippen LogP contribution in [0.15, 0.2) is 47.2 Å². The van der Waals surface area contributed by atoms with Gasteiger partial charge in [0, 0.05) is 12.4 Å². The van der Waals surface area contributed by atoms with Crippen molar-refractivity contribution in [2.45, 2.75) is 0 Å². The first-order chi connectivity index (χ1) is 7.77. The average molecular weight is 278 g/mol. The van der Waals surface area contributed by atoms with Gasteiger partial charge in [-0.3, -0.25) is 9.78 Å². The van der Waals surface area contributed by atoms with E-state index in [1.54, 1.807) is 42.7 Å². The molecule has 0 atom stereocenters. The zero-order chi connectivity index (χ0) is 11.4. The maximum absolute atomic E-state index is 11.7. The zero-order valence-electron chi connectivity index (χ0n) is 8.22. The highest BCUT2D eigenvalue weighted by atomic mass is 79.9. The minimum atomic E-state index is -0.278. The molecule has 4 nitrogen and oxygen atoms in total. The molecule has 16 heavy (non-hydrogen) atoms. The van der Waals surface area contributed by atoms with Crippen molar-refractivity contribution in [1.82, 2.24) is 9.97 Å². The Balaban J connectivity index is 2.18. The summed E-state index contributed by atoms with van der Waals surface area (Å²) < 4.78 is 0.735. The molecule has 0 aromatic carbocycles. The zero-order valence-corrected chi connectivity index (χ0v) is 9.81. The molecule has 0 aliphatic carbocycles. The Morgan fingerprint density at radius 2 is 1.94 bits per heavy atom. The number of carbonyl (C=O) groups excluding carboxylic acids is 1. The number of halogens is 1. The van der Waals surface area contributed by atoms with E-state index in [2.05, 4.69) is 31.2 Å². The van der Waals surface area contributed by atoms with Gasteiger partial charge in [0.05, 0.1) is 4.47 Å². The Hall–Kier alpha value is -1.75. The van der Waals surface area contributed by atoms with Crippen molar-refractivity contribution in [1.29, 1.82) is 0 Å². The molecule has 0 saturated carbocycles. The van der Waals surface area contributed by atoms with Crippen LogP contribution < -0.4 is 5.32 Å². The predicted octanol–water partition coefficient (Wildman–Crippen LogP) is 2.49. The van der Waals surface area contributed by atoms with E-state index in [1.807, 2.05) is 0 Å². The first-order valence-electron chi connectivity index (χ1n) is 4.60. The van der Waals surface area contributed by atoms with Crippen LogP contribution in [0, 0.1) is 0 Å². The lowest BCUT2D eigenvalue weighted by atomic mass is 10.3. The fourth-order valence-electron chi connectivity index (χ4n) is 1.15. The summed E-state index contributed by atoms with van der Waals surface area (Å²) in [4.78, 5) is 19.7. The van der Waals surface area contributed by atoms with E-state index in [0.29, 0.717) is 11.5 Å². The van der Waals surface area contributed by atoms with Gasteiger partial charge in [-0.1, -0.05) is 6.07 Å². The standard InChI is InChI=1S/C11H8BrN3O/c12-8-4-3-7-14-10(8)15-11(16)9-5-1-2-6-13-9/h1-7H,(H,14,15,16). The van der Waals surface area contributed by atoms with Crippen molar-refractivity contribution in [2.24, 2.45) is 0 Å². The summed E-state index contributed by atoms with van der Waals surface area (Å²) in [6.45, 7) is 0. The number of amides is 1. The van der Waals surface area contributed by atoms with E-state index in [-0.39, 0.29) is 5.91 Å². The van der Waals surface area contributed by atoms with Gasteiger partial charge in [-0.05, 0) is 40.2 Å². The summed E-state index contributed by atoms with van der Waals surface area (Å²) in [5, 5.41) is 2.67. The molecule has 2 rings (SSSR count). The minimum Gasteiger partial charge on any atom is -0.304 e. The molecule has 0 unspecified atom stereocenters. The first-order valence-corrected chi connectivity index (χ1v) is 5.39. The number of carbonyl (C=O) groups is 1. The molecule has 2 aromatic heterocycles. The van der Waals surface area contributed by atoms with E-state index in [1.165, 1.54) is 0 Å². The van der Waals surface area contributed by atoms with Crippen LogP contribution in [0.4, 0.5) is 5.82 Å². The molecule has 0 fully saturated rings. The molecule has 0 bridgehead atoms. The number of pyridine rings is 2. The predicted molar refractivity (Wildman–Crippen MR) is 64.1 cm³/mol. The molecule has 80 valence electrons. The van der Waals surface area contributed by atoms with Gasteiger partial charge in [-0.15, -0.1) is 0 Å². The molecular weight excluding hydrogens is 270 g/mol. The van der Waals surface area contributed by atoms with E-state index in [9.17, 15) is 4.79 Å². The topological polar surface area (TPSA) is 54.9 Å². The van der Waals surface area contributed by atoms with Gasteiger partial charge in [0.1, 0.15) is 11.5 Å². The van der Waals surface area contributed by atoms with E-state index < -0.39 is 0 Å². The summed E-state index contributed by atoms with van der Waals surface area (Å²) in [6.07, 6.45) is 3.18. The van der Waals surface area contributed by atoms with Crippen molar-refractivity contribution in [3.8, 4) is 0 Å². The Morgan fingerprint density at radius 3 is 2.62 bits per heavy atom. The molecule has 0 spiro atoms. The van der Waals surface area contributed by atoms with Gasteiger partial charge < -0.3 is 5.32 Å². The lowest BCUT2D eigenvalue weighted by Gasteiger charge is -2.04. The van der Waals surface area contributed by atoms with Crippen LogP contribution in [0.2, 0.25) is 0 Å². The van der Waals surface area contributed by atoms with Crippen molar-refractivity contribution < 1.29 is 4.79 Å². The minimum absolute atomic E-state index is 0.278. The second kappa shape index (κ2) is 4.85. The highest BCUT2D eigenvalue weighted by Crippen LogP contribution is 2.18. The Labute approximate surface area is 101 Å². The first kappa shape index (κ1) is 10.8.